The van der Waals surface area contributed by atoms with Gasteiger partial charge in [-0.3, -0.25) is 14.5 Å². The van der Waals surface area contributed by atoms with Crippen LogP contribution in [0, 0.1) is 0 Å². The van der Waals surface area contributed by atoms with Crippen molar-refractivity contribution in [2.45, 2.75) is 18.3 Å². The molecule has 7 nitrogen and oxygen atoms in total. The van der Waals surface area contributed by atoms with Gasteiger partial charge in [-0.1, -0.05) is 0 Å². The quantitative estimate of drug-likeness (QED) is 0.507. The van der Waals surface area contributed by atoms with E-state index in [0.29, 0.717) is 11.3 Å². The number of ether oxygens (including phenoxy) is 1. The Morgan fingerprint density at radius 2 is 2.28 bits per heavy atom. The molecule has 0 radical (unpaired) electrons. The first-order chi connectivity index (χ1) is 8.43. The Hall–Kier alpha value is -1.54. The lowest BCUT2D eigenvalue weighted by atomic mass is 10.0. The number of carbonyl (C=O) groups is 3. The third-order valence-electron chi connectivity index (χ3n) is 2.74. The molecule has 98 valence electrons. The van der Waals surface area contributed by atoms with Crippen LogP contribution in [0.2, 0.25) is 0 Å². The van der Waals surface area contributed by atoms with Crippen molar-refractivity contribution < 1.29 is 24.2 Å². The van der Waals surface area contributed by atoms with Crippen molar-refractivity contribution in [3.05, 3.63) is 11.3 Å². The minimum atomic E-state index is -1.21. The second-order valence-corrected chi connectivity index (χ2v) is 5.08. The lowest BCUT2D eigenvalue weighted by molar-refractivity contribution is -0.148. The van der Waals surface area contributed by atoms with E-state index in [0.717, 1.165) is 0 Å². The molecular weight excluding hydrogens is 260 g/mol. The van der Waals surface area contributed by atoms with Gasteiger partial charge < -0.3 is 15.6 Å². The number of nitrogens with two attached hydrogens (primary N) is 1. The summed E-state index contributed by atoms with van der Waals surface area (Å²) in [4.78, 5) is 34.7. The van der Waals surface area contributed by atoms with Crippen molar-refractivity contribution in [2.75, 3.05) is 12.4 Å². The highest BCUT2D eigenvalue weighted by Gasteiger charge is 2.51. The molecule has 2 rings (SSSR count). The molecule has 3 N–H and O–H groups in total. The second-order valence-electron chi connectivity index (χ2n) is 3.97. The first kappa shape index (κ1) is 12.9. The summed E-state index contributed by atoms with van der Waals surface area (Å²) in [5.74, 6) is -1.73. The molecule has 2 aliphatic heterocycles. The lowest BCUT2D eigenvalue weighted by Crippen LogP contribution is -2.68. The second kappa shape index (κ2) is 4.62. The Labute approximate surface area is 107 Å². The van der Waals surface area contributed by atoms with Crippen LogP contribution >= 0.6 is 11.8 Å². The summed E-state index contributed by atoms with van der Waals surface area (Å²) in [6.45, 7) is 1.13. The van der Waals surface area contributed by atoms with Gasteiger partial charge in [0.05, 0.1) is 0 Å². The number of carboxylic acid groups (broad SMARTS) is 1. The van der Waals surface area contributed by atoms with Crippen LogP contribution in [0.25, 0.3) is 0 Å². The van der Waals surface area contributed by atoms with Crippen LogP contribution < -0.4 is 5.73 Å². The van der Waals surface area contributed by atoms with Gasteiger partial charge in [0.25, 0.3) is 0 Å². The molecular formula is C10H12N2O5S. The van der Waals surface area contributed by atoms with E-state index in [2.05, 4.69) is 0 Å². The molecule has 0 aromatic rings. The van der Waals surface area contributed by atoms with Gasteiger partial charge in [-0.05, 0) is 0 Å². The third kappa shape index (κ3) is 1.97. The molecule has 1 saturated heterocycles. The normalized spacial score (nSPS) is 26.6. The van der Waals surface area contributed by atoms with Gasteiger partial charge in [0.1, 0.15) is 23.7 Å². The molecule has 18 heavy (non-hydrogen) atoms. The van der Waals surface area contributed by atoms with Gasteiger partial charge in [-0.2, -0.15) is 0 Å². The maximum atomic E-state index is 11.6. The largest absolute Gasteiger partial charge is 0.477 e. The van der Waals surface area contributed by atoms with Gasteiger partial charge in [0, 0.05) is 18.2 Å². The van der Waals surface area contributed by atoms with Crippen molar-refractivity contribution in [1.29, 1.82) is 0 Å². The first-order valence-electron chi connectivity index (χ1n) is 5.22. The van der Waals surface area contributed by atoms with Gasteiger partial charge in [-0.25, -0.2) is 4.79 Å². The molecule has 1 amide bonds. The van der Waals surface area contributed by atoms with Gasteiger partial charge >= 0.3 is 11.9 Å². The maximum Gasteiger partial charge on any atom is 0.352 e. The van der Waals surface area contributed by atoms with Crippen LogP contribution in [0.4, 0.5) is 0 Å². The molecule has 0 saturated carbocycles. The standard InChI is InChI=1S/C10H12N2O5S/c1-4(13)17-2-5-3-18-9-6(11)8(14)12(9)7(5)10(15)16/h6,9H,2-3,11H2,1H3,(H,15,16)/t6-,9-/m0/s1. The number of rotatable bonds is 3. The topological polar surface area (TPSA) is 110 Å². The highest BCUT2D eigenvalue weighted by atomic mass is 32.2. The van der Waals surface area contributed by atoms with E-state index in [-0.39, 0.29) is 17.7 Å². The zero-order valence-electron chi connectivity index (χ0n) is 9.58. The highest BCUT2D eigenvalue weighted by Crippen LogP contribution is 2.39. The molecule has 0 unspecified atom stereocenters. The molecule has 0 aromatic carbocycles. The highest BCUT2D eigenvalue weighted by molar-refractivity contribution is 8.00. The number of carboxylic acids is 1. The van der Waals surface area contributed by atoms with Crippen LogP contribution in [0.15, 0.2) is 11.3 Å². The van der Waals surface area contributed by atoms with E-state index in [1.54, 1.807) is 0 Å². The summed E-state index contributed by atoms with van der Waals surface area (Å²) in [6.07, 6.45) is 0. The summed E-state index contributed by atoms with van der Waals surface area (Å²) >= 11 is 1.37. The van der Waals surface area contributed by atoms with Crippen molar-refractivity contribution >= 4 is 29.6 Å². The summed E-state index contributed by atoms with van der Waals surface area (Å²) in [7, 11) is 0. The lowest BCUT2D eigenvalue weighted by Gasteiger charge is -2.47. The fourth-order valence-electron chi connectivity index (χ4n) is 1.88. The predicted molar refractivity (Wildman–Crippen MR) is 62.4 cm³/mol. The van der Waals surface area contributed by atoms with E-state index in [9.17, 15) is 14.4 Å². The van der Waals surface area contributed by atoms with E-state index < -0.39 is 23.9 Å². The molecule has 0 aliphatic carbocycles. The Balaban J connectivity index is 2.26. The van der Waals surface area contributed by atoms with Crippen molar-refractivity contribution in [3.63, 3.8) is 0 Å². The van der Waals surface area contributed by atoms with Gasteiger partial charge in [-0.15, -0.1) is 11.8 Å². The molecule has 2 aliphatic rings. The number of carbonyl (C=O) groups excluding carboxylic acids is 2. The first-order valence-corrected chi connectivity index (χ1v) is 6.27. The minimum Gasteiger partial charge on any atom is -0.477 e. The average molecular weight is 272 g/mol. The fraction of sp³-hybridized carbons (Fsp3) is 0.500. The minimum absolute atomic E-state index is 0.105. The van der Waals surface area contributed by atoms with E-state index >= 15 is 0 Å². The number of hydrogen-bond donors (Lipinski definition) is 2. The third-order valence-corrected chi connectivity index (χ3v) is 4.10. The van der Waals surface area contributed by atoms with Crippen LogP contribution in [0.5, 0.6) is 0 Å². The Bertz CT molecular complexity index is 461. The summed E-state index contributed by atoms with van der Waals surface area (Å²) < 4.78 is 4.79. The van der Waals surface area contributed by atoms with Crippen molar-refractivity contribution in [2.24, 2.45) is 5.73 Å². The number of amides is 1. The summed E-state index contributed by atoms with van der Waals surface area (Å²) in [5.41, 5.74) is 5.90. The number of fused-ring (bicyclic) bond motifs is 1. The summed E-state index contributed by atoms with van der Waals surface area (Å²) in [6, 6.07) is -0.653. The Morgan fingerprint density at radius 1 is 1.61 bits per heavy atom. The van der Waals surface area contributed by atoms with Crippen LogP contribution in [0.1, 0.15) is 6.92 Å². The van der Waals surface area contributed by atoms with E-state index in [1.165, 1.54) is 23.6 Å². The van der Waals surface area contributed by atoms with Crippen molar-refractivity contribution in [1.82, 2.24) is 4.90 Å². The maximum absolute atomic E-state index is 11.6. The molecule has 1 fully saturated rings. The van der Waals surface area contributed by atoms with Crippen LogP contribution in [-0.4, -0.2) is 51.6 Å². The number of hydrogen-bond acceptors (Lipinski definition) is 6. The molecule has 2 atom stereocenters. The number of thioether (sulfide) groups is 1. The Kier molecular flexibility index (Phi) is 3.31. The van der Waals surface area contributed by atoms with Gasteiger partial charge in [0.2, 0.25) is 5.91 Å². The predicted octanol–water partition coefficient (Wildman–Crippen LogP) is -0.869. The average Bonchev–Trinajstić information content (AvgIpc) is 2.33. The Morgan fingerprint density at radius 3 is 2.83 bits per heavy atom. The zero-order chi connectivity index (χ0) is 13.4. The van der Waals surface area contributed by atoms with Crippen LogP contribution in [-0.2, 0) is 19.1 Å². The number of nitrogens with zero attached hydrogens (tertiary/aromatic N) is 1. The zero-order valence-corrected chi connectivity index (χ0v) is 10.4. The van der Waals surface area contributed by atoms with E-state index in [1.807, 2.05) is 0 Å². The number of aliphatic carboxylic acids is 1. The van der Waals surface area contributed by atoms with Crippen LogP contribution in [0.3, 0.4) is 0 Å². The SMILES string of the molecule is CC(=O)OCC1=C(C(=O)O)N2C(=O)[C@H](N)[C@@H]2SC1. The monoisotopic (exact) mass is 272 g/mol. The van der Waals surface area contributed by atoms with Crippen molar-refractivity contribution in [3.8, 4) is 0 Å². The molecule has 2 heterocycles. The number of β-lactam (4-membered cyclic amide) rings is 1. The van der Waals surface area contributed by atoms with E-state index in [4.69, 9.17) is 15.6 Å². The smallest absolute Gasteiger partial charge is 0.352 e. The summed E-state index contributed by atoms with van der Waals surface area (Å²) in [5, 5.41) is 8.83. The molecule has 0 aromatic heterocycles. The number of esters is 1. The molecule has 0 spiro atoms. The van der Waals surface area contributed by atoms with Gasteiger partial charge in [0.15, 0.2) is 0 Å². The molecule has 0 bridgehead atoms. The molecule has 8 heteroatoms. The fourth-order valence-corrected chi connectivity index (χ4v) is 3.15.